The van der Waals surface area contributed by atoms with E-state index in [1.165, 1.54) is 0 Å². The summed E-state index contributed by atoms with van der Waals surface area (Å²) in [6, 6.07) is 0. The second-order valence-electron chi connectivity index (χ2n) is 3.18. The van der Waals surface area contributed by atoms with E-state index in [-0.39, 0.29) is 0 Å². The fourth-order valence-corrected chi connectivity index (χ4v) is 0.894. The molecule has 60 valence electrons. The van der Waals surface area contributed by atoms with Gasteiger partial charge in [0.05, 0.1) is 0 Å². The molecule has 0 N–H and O–H groups in total. The highest BCUT2D eigenvalue weighted by atomic mass is 19.1. The first-order valence-electron chi connectivity index (χ1n) is 3.76. The summed E-state index contributed by atoms with van der Waals surface area (Å²) < 4.78 is 13.3. The van der Waals surface area contributed by atoms with Gasteiger partial charge in [0, 0.05) is 0 Å². The van der Waals surface area contributed by atoms with Gasteiger partial charge in [-0.3, -0.25) is 0 Å². The summed E-state index contributed by atoms with van der Waals surface area (Å²) in [6.45, 7) is 5.51. The van der Waals surface area contributed by atoms with Crippen molar-refractivity contribution in [1.82, 2.24) is 0 Å². The van der Waals surface area contributed by atoms with Crippen LogP contribution in [0, 0.1) is 0 Å². The molecule has 0 bridgehead atoms. The molecule has 1 aliphatic rings. The van der Waals surface area contributed by atoms with Gasteiger partial charge in [0.2, 0.25) is 0 Å². The van der Waals surface area contributed by atoms with Gasteiger partial charge in [-0.25, -0.2) is 4.39 Å². The lowest BCUT2D eigenvalue weighted by Gasteiger charge is -2.06. The third-order valence-corrected chi connectivity index (χ3v) is 1.94. The van der Waals surface area contributed by atoms with E-state index in [2.05, 4.69) is 0 Å². The Hall–Kier alpha value is -0.850. The van der Waals surface area contributed by atoms with Gasteiger partial charge in [-0.1, -0.05) is 12.2 Å². The molecule has 0 aromatic carbocycles. The van der Waals surface area contributed by atoms with E-state index < -0.39 is 5.67 Å². The van der Waals surface area contributed by atoms with Crippen LogP contribution in [0.1, 0.15) is 20.8 Å². The summed E-state index contributed by atoms with van der Waals surface area (Å²) in [5.41, 5.74) is 0.976. The van der Waals surface area contributed by atoms with Crippen LogP contribution in [0.5, 0.6) is 0 Å². The largest absolute Gasteiger partial charge is 0.235 e. The van der Waals surface area contributed by atoms with E-state index in [9.17, 15) is 4.39 Å². The average molecular weight is 152 g/mol. The molecule has 1 rings (SSSR count). The molecule has 11 heavy (non-hydrogen) atoms. The summed E-state index contributed by atoms with van der Waals surface area (Å²) in [5.74, 6) is 0. The second kappa shape index (κ2) is 2.65. The molecular weight excluding hydrogens is 139 g/mol. The minimum atomic E-state index is -1.28. The number of rotatable bonds is 0. The third-order valence-electron chi connectivity index (χ3n) is 1.94. The van der Waals surface area contributed by atoms with E-state index >= 15 is 0 Å². The van der Waals surface area contributed by atoms with E-state index in [1.54, 1.807) is 19.1 Å². The molecule has 0 atom stereocenters. The molecular formula is C10H13F. The summed E-state index contributed by atoms with van der Waals surface area (Å²) in [7, 11) is 0. The summed E-state index contributed by atoms with van der Waals surface area (Å²) in [6.07, 6.45) is 6.81. The Morgan fingerprint density at radius 1 is 1.09 bits per heavy atom. The monoisotopic (exact) mass is 152 g/mol. The molecule has 0 spiro atoms. The lowest BCUT2D eigenvalue weighted by molar-refractivity contribution is 0.328. The first-order chi connectivity index (χ1) is 5.01. The van der Waals surface area contributed by atoms with E-state index in [4.69, 9.17) is 0 Å². The van der Waals surface area contributed by atoms with Crippen LogP contribution in [0.15, 0.2) is 35.5 Å². The topological polar surface area (TPSA) is 0 Å². The Labute approximate surface area is 67.1 Å². The molecule has 0 aliphatic heterocycles. The first kappa shape index (κ1) is 8.25. The Morgan fingerprint density at radius 3 is 1.82 bits per heavy atom. The van der Waals surface area contributed by atoms with Crippen LogP contribution in [-0.2, 0) is 0 Å². The Morgan fingerprint density at radius 2 is 1.45 bits per heavy atom. The molecule has 0 saturated carbocycles. The zero-order valence-corrected chi connectivity index (χ0v) is 7.19. The standard InChI is InChI=1S/C10H13F/c1-8-4-6-10(3,11)7-5-9(8)2/h4-7H,1-3H3. The normalized spacial score (nSPS) is 22.2. The van der Waals surface area contributed by atoms with Crippen LogP contribution in [-0.4, -0.2) is 5.67 Å². The van der Waals surface area contributed by atoms with Gasteiger partial charge in [-0.2, -0.15) is 0 Å². The molecule has 0 unspecified atom stereocenters. The van der Waals surface area contributed by atoms with Crippen molar-refractivity contribution in [3.8, 4) is 0 Å². The molecule has 0 nitrogen and oxygen atoms in total. The van der Waals surface area contributed by atoms with Gasteiger partial charge in [0.1, 0.15) is 5.67 Å². The van der Waals surface area contributed by atoms with Crippen molar-refractivity contribution in [1.29, 1.82) is 0 Å². The second-order valence-corrected chi connectivity index (χ2v) is 3.18. The van der Waals surface area contributed by atoms with Crippen LogP contribution in [0.3, 0.4) is 0 Å². The molecule has 1 heteroatoms. The smallest absolute Gasteiger partial charge is 0.145 e. The van der Waals surface area contributed by atoms with Gasteiger partial charge in [0.15, 0.2) is 0 Å². The number of allylic oxidation sites excluding steroid dienone is 6. The van der Waals surface area contributed by atoms with Gasteiger partial charge >= 0.3 is 0 Å². The quantitative estimate of drug-likeness (QED) is 0.500. The maximum atomic E-state index is 13.3. The zero-order chi connectivity index (χ0) is 8.48. The predicted octanol–water partition coefficient (Wildman–Crippen LogP) is 3.18. The van der Waals surface area contributed by atoms with Crippen molar-refractivity contribution in [3.05, 3.63) is 35.5 Å². The number of hydrogen-bond donors (Lipinski definition) is 0. The van der Waals surface area contributed by atoms with Crippen molar-refractivity contribution in [2.24, 2.45) is 0 Å². The van der Waals surface area contributed by atoms with Crippen molar-refractivity contribution in [2.75, 3.05) is 0 Å². The third kappa shape index (κ3) is 2.04. The summed E-state index contributed by atoms with van der Waals surface area (Å²) in [4.78, 5) is 0. The highest BCUT2D eigenvalue weighted by Crippen LogP contribution is 2.21. The lowest BCUT2D eigenvalue weighted by Crippen LogP contribution is -2.08. The Kier molecular flexibility index (Phi) is 1.99. The van der Waals surface area contributed by atoms with Crippen molar-refractivity contribution >= 4 is 0 Å². The number of halogens is 1. The van der Waals surface area contributed by atoms with E-state index in [1.807, 2.05) is 26.0 Å². The molecule has 0 fully saturated rings. The van der Waals surface area contributed by atoms with Gasteiger partial charge < -0.3 is 0 Å². The number of hydrogen-bond acceptors (Lipinski definition) is 0. The van der Waals surface area contributed by atoms with Gasteiger partial charge in [-0.15, -0.1) is 0 Å². The molecule has 1 aliphatic carbocycles. The van der Waals surface area contributed by atoms with Crippen molar-refractivity contribution < 1.29 is 4.39 Å². The molecule has 0 saturated heterocycles. The zero-order valence-electron chi connectivity index (χ0n) is 7.19. The van der Waals surface area contributed by atoms with Crippen LogP contribution < -0.4 is 0 Å². The molecule has 0 radical (unpaired) electrons. The fourth-order valence-electron chi connectivity index (χ4n) is 0.894. The minimum absolute atomic E-state index is 1.13. The molecule has 0 heterocycles. The number of alkyl halides is 1. The molecule has 0 aromatic heterocycles. The van der Waals surface area contributed by atoms with Crippen molar-refractivity contribution in [3.63, 3.8) is 0 Å². The van der Waals surface area contributed by atoms with Crippen LogP contribution in [0.2, 0.25) is 0 Å². The van der Waals surface area contributed by atoms with Crippen LogP contribution in [0.4, 0.5) is 4.39 Å². The van der Waals surface area contributed by atoms with Crippen LogP contribution >= 0.6 is 0 Å². The van der Waals surface area contributed by atoms with Crippen molar-refractivity contribution in [2.45, 2.75) is 26.4 Å². The average Bonchev–Trinajstić information content (AvgIpc) is 2.03. The Bertz CT molecular complexity index is 218. The van der Waals surface area contributed by atoms with Gasteiger partial charge in [-0.05, 0) is 44.1 Å². The highest BCUT2D eigenvalue weighted by Gasteiger charge is 2.15. The molecule has 0 amide bonds. The summed E-state index contributed by atoms with van der Waals surface area (Å²) in [5, 5.41) is 0. The van der Waals surface area contributed by atoms with Crippen LogP contribution in [0.25, 0.3) is 0 Å². The maximum Gasteiger partial charge on any atom is 0.145 e. The SMILES string of the molecule is CC1=C(C)C=CC(C)(F)C=C1. The predicted molar refractivity (Wildman–Crippen MR) is 46.2 cm³/mol. The Balaban J connectivity index is 3.01. The lowest BCUT2D eigenvalue weighted by atomic mass is 10.1. The summed E-state index contributed by atoms with van der Waals surface area (Å²) >= 11 is 0. The van der Waals surface area contributed by atoms with Gasteiger partial charge in [0.25, 0.3) is 0 Å². The van der Waals surface area contributed by atoms with E-state index in [0.29, 0.717) is 0 Å². The first-order valence-corrected chi connectivity index (χ1v) is 3.76. The maximum absolute atomic E-state index is 13.3. The highest BCUT2D eigenvalue weighted by molar-refractivity contribution is 5.36. The van der Waals surface area contributed by atoms with E-state index in [0.717, 1.165) is 11.1 Å². The molecule has 0 aromatic rings. The fraction of sp³-hybridized carbons (Fsp3) is 0.400. The minimum Gasteiger partial charge on any atom is -0.235 e.